The number of halogens is 4. The predicted molar refractivity (Wildman–Crippen MR) is 162 cm³/mol. The minimum Gasteiger partial charge on any atom is -0.454 e. The maximum atomic E-state index is 13.3. The number of ether oxygens (including phenoxy) is 1. The standard InChI is InChI=1S/C23H20I4N2O5/c1-9(2)20(23(33)34-8-13(30)28-12-6-5-10(3)7-11(12)4)29-21(31)14-15(22(29)32)17(25)19(27)18(26)16(14)24/h5-7,9,20H,8H2,1-4H3,(H,28,30)/t20-/m1/s1. The largest absolute Gasteiger partial charge is 0.454 e. The van der Waals surface area contributed by atoms with Gasteiger partial charge in [-0.1, -0.05) is 31.5 Å². The fourth-order valence-electron chi connectivity index (χ4n) is 3.66. The summed E-state index contributed by atoms with van der Waals surface area (Å²) < 4.78 is 8.41. The van der Waals surface area contributed by atoms with Gasteiger partial charge in [0.15, 0.2) is 6.61 Å². The van der Waals surface area contributed by atoms with Crippen LogP contribution in [0.25, 0.3) is 0 Å². The molecule has 0 aromatic heterocycles. The fourth-order valence-corrected chi connectivity index (χ4v) is 7.31. The van der Waals surface area contributed by atoms with Crippen molar-refractivity contribution >= 4 is 120 Å². The van der Waals surface area contributed by atoms with E-state index < -0.39 is 42.3 Å². The van der Waals surface area contributed by atoms with Crippen molar-refractivity contribution < 1.29 is 23.9 Å². The van der Waals surface area contributed by atoms with Crippen LogP contribution in [-0.4, -0.2) is 41.2 Å². The number of fused-ring (bicyclic) bond motifs is 1. The van der Waals surface area contributed by atoms with Crippen molar-refractivity contribution in [2.75, 3.05) is 11.9 Å². The number of carbonyl (C=O) groups is 4. The molecule has 7 nitrogen and oxygen atoms in total. The van der Waals surface area contributed by atoms with Crippen molar-refractivity contribution in [2.24, 2.45) is 5.92 Å². The SMILES string of the molecule is Cc1ccc(NC(=O)COC(=O)[C@@H](C(C)C)N2C(=O)c3c(I)c(I)c(I)c(I)c3C2=O)c(C)c1. The number of nitrogens with zero attached hydrogens (tertiary/aromatic N) is 1. The van der Waals surface area contributed by atoms with E-state index in [2.05, 4.69) is 95.7 Å². The van der Waals surface area contributed by atoms with E-state index in [-0.39, 0.29) is 0 Å². The van der Waals surface area contributed by atoms with Crippen LogP contribution in [0.2, 0.25) is 0 Å². The molecule has 2 aromatic rings. The first-order valence-corrected chi connectivity index (χ1v) is 14.5. The van der Waals surface area contributed by atoms with Gasteiger partial charge in [0.2, 0.25) is 0 Å². The molecule has 1 aliphatic rings. The highest BCUT2D eigenvalue weighted by molar-refractivity contribution is 14.1. The molecule has 2 aromatic carbocycles. The van der Waals surface area contributed by atoms with Crippen LogP contribution in [0.4, 0.5) is 5.69 Å². The monoisotopic (exact) mass is 912 g/mol. The normalized spacial score (nSPS) is 13.9. The zero-order valence-corrected chi connectivity index (χ0v) is 27.2. The molecule has 3 amide bonds. The van der Waals surface area contributed by atoms with Crippen molar-refractivity contribution in [1.29, 1.82) is 0 Å². The first-order valence-electron chi connectivity index (χ1n) is 10.1. The highest BCUT2D eigenvalue weighted by atomic mass is 127. The predicted octanol–water partition coefficient (Wildman–Crippen LogP) is 5.52. The summed E-state index contributed by atoms with van der Waals surface area (Å²) in [6.07, 6.45) is 0. The molecule has 0 unspecified atom stereocenters. The topological polar surface area (TPSA) is 92.8 Å². The average molecular weight is 912 g/mol. The molecule has 0 spiro atoms. The highest BCUT2D eigenvalue weighted by Crippen LogP contribution is 2.39. The number of anilines is 1. The van der Waals surface area contributed by atoms with Crippen LogP contribution in [0.1, 0.15) is 45.7 Å². The molecule has 0 bridgehead atoms. The van der Waals surface area contributed by atoms with Gasteiger partial charge in [-0.2, -0.15) is 0 Å². The van der Waals surface area contributed by atoms with Gasteiger partial charge in [-0.25, -0.2) is 4.79 Å². The Bertz CT molecular complexity index is 1180. The Kier molecular flexibility index (Phi) is 9.25. The molecule has 34 heavy (non-hydrogen) atoms. The lowest BCUT2D eigenvalue weighted by molar-refractivity contribution is -0.152. The molecule has 3 rings (SSSR count). The Hall–Kier alpha value is -0.560. The summed E-state index contributed by atoms with van der Waals surface area (Å²) in [7, 11) is 0. The molecule has 0 saturated carbocycles. The number of amides is 3. The lowest BCUT2D eigenvalue weighted by atomic mass is 10.0. The van der Waals surface area contributed by atoms with Crippen molar-refractivity contribution in [2.45, 2.75) is 33.7 Å². The molecule has 11 heteroatoms. The second kappa shape index (κ2) is 11.2. The van der Waals surface area contributed by atoms with Gasteiger partial charge in [0.05, 0.1) is 11.1 Å². The summed E-state index contributed by atoms with van der Waals surface area (Å²) in [6.45, 7) is 6.76. The van der Waals surface area contributed by atoms with Gasteiger partial charge >= 0.3 is 5.97 Å². The van der Waals surface area contributed by atoms with Crippen LogP contribution < -0.4 is 5.32 Å². The van der Waals surface area contributed by atoms with E-state index >= 15 is 0 Å². The molecular weight excluding hydrogens is 892 g/mol. The van der Waals surface area contributed by atoms with Crippen molar-refractivity contribution in [1.82, 2.24) is 4.90 Å². The Morgan fingerprint density at radius 3 is 1.94 bits per heavy atom. The van der Waals surface area contributed by atoms with Gasteiger partial charge in [-0.05, 0) is 122 Å². The van der Waals surface area contributed by atoms with Crippen LogP contribution in [0, 0.1) is 34.0 Å². The number of hydrogen-bond acceptors (Lipinski definition) is 5. The molecule has 1 aliphatic heterocycles. The van der Waals surface area contributed by atoms with Crippen molar-refractivity contribution in [3.63, 3.8) is 0 Å². The first kappa shape index (κ1) is 28.0. The van der Waals surface area contributed by atoms with Gasteiger partial charge in [-0.15, -0.1) is 0 Å². The second-order valence-electron chi connectivity index (χ2n) is 8.15. The zero-order chi connectivity index (χ0) is 25.5. The average Bonchev–Trinajstić information content (AvgIpc) is 3.02. The molecule has 1 atom stereocenters. The van der Waals surface area contributed by atoms with E-state index in [0.29, 0.717) is 24.0 Å². The van der Waals surface area contributed by atoms with Crippen LogP contribution >= 0.6 is 90.4 Å². The minimum absolute atomic E-state index is 0.311. The maximum absolute atomic E-state index is 13.3. The van der Waals surface area contributed by atoms with Crippen LogP contribution in [0.5, 0.6) is 0 Å². The van der Waals surface area contributed by atoms with Gasteiger partial charge in [-0.3, -0.25) is 19.3 Å². The van der Waals surface area contributed by atoms with Crippen LogP contribution in [0.3, 0.4) is 0 Å². The van der Waals surface area contributed by atoms with E-state index in [0.717, 1.165) is 23.2 Å². The molecule has 0 radical (unpaired) electrons. The third-order valence-electron chi connectivity index (χ3n) is 5.29. The van der Waals surface area contributed by atoms with Gasteiger partial charge in [0.25, 0.3) is 17.7 Å². The first-order chi connectivity index (χ1) is 15.9. The maximum Gasteiger partial charge on any atom is 0.330 e. The van der Waals surface area contributed by atoms with Crippen LogP contribution in [-0.2, 0) is 14.3 Å². The van der Waals surface area contributed by atoms with Crippen molar-refractivity contribution in [3.05, 3.63) is 54.7 Å². The lowest BCUT2D eigenvalue weighted by Crippen LogP contribution is -2.49. The molecule has 0 aliphatic carbocycles. The molecule has 1 heterocycles. The summed E-state index contributed by atoms with van der Waals surface area (Å²) in [6, 6.07) is 4.44. The number of esters is 1. The number of aryl methyl sites for hydroxylation is 2. The fraction of sp³-hybridized carbons (Fsp3) is 0.304. The zero-order valence-electron chi connectivity index (χ0n) is 18.6. The van der Waals surface area contributed by atoms with E-state index in [4.69, 9.17) is 4.74 Å². The number of carbonyl (C=O) groups excluding carboxylic acids is 4. The van der Waals surface area contributed by atoms with E-state index in [9.17, 15) is 19.2 Å². The summed E-state index contributed by atoms with van der Waals surface area (Å²) in [4.78, 5) is 53.1. The minimum atomic E-state index is -1.15. The summed E-state index contributed by atoms with van der Waals surface area (Å²) in [5.74, 6) is -2.75. The lowest BCUT2D eigenvalue weighted by Gasteiger charge is -2.27. The summed E-state index contributed by atoms with van der Waals surface area (Å²) in [5.41, 5.74) is 3.20. The Morgan fingerprint density at radius 1 is 0.941 bits per heavy atom. The summed E-state index contributed by atoms with van der Waals surface area (Å²) >= 11 is 8.43. The number of benzene rings is 2. The number of hydrogen-bond donors (Lipinski definition) is 1. The Morgan fingerprint density at radius 2 is 1.47 bits per heavy atom. The van der Waals surface area contributed by atoms with E-state index in [1.807, 2.05) is 26.0 Å². The smallest absolute Gasteiger partial charge is 0.330 e. The van der Waals surface area contributed by atoms with Gasteiger partial charge < -0.3 is 10.1 Å². The third-order valence-corrected chi connectivity index (χ3v) is 12.7. The number of imide groups is 1. The number of rotatable bonds is 6. The third kappa shape index (κ3) is 5.40. The number of nitrogens with one attached hydrogen (secondary N) is 1. The molecule has 180 valence electrons. The molecule has 0 saturated heterocycles. The molecule has 1 N–H and O–H groups in total. The highest BCUT2D eigenvalue weighted by Gasteiger charge is 2.47. The molecular formula is C23H20I4N2O5. The quantitative estimate of drug-likeness (QED) is 0.136. The van der Waals surface area contributed by atoms with Crippen molar-refractivity contribution in [3.8, 4) is 0 Å². The summed E-state index contributed by atoms with van der Waals surface area (Å²) in [5, 5.41) is 2.72. The Balaban J connectivity index is 1.81. The Labute approximate surface area is 252 Å². The van der Waals surface area contributed by atoms with Crippen LogP contribution in [0.15, 0.2) is 18.2 Å². The van der Waals surface area contributed by atoms with Gasteiger partial charge in [0.1, 0.15) is 6.04 Å². The molecule has 0 fully saturated rings. The second-order valence-corrected chi connectivity index (χ2v) is 12.5. The van der Waals surface area contributed by atoms with E-state index in [1.54, 1.807) is 19.9 Å². The van der Waals surface area contributed by atoms with Gasteiger partial charge in [0, 0.05) is 20.0 Å². The van der Waals surface area contributed by atoms with E-state index in [1.165, 1.54) is 0 Å².